The minimum absolute atomic E-state index is 0.0898. The van der Waals surface area contributed by atoms with E-state index in [1.54, 1.807) is 25.3 Å². The standard InChI is InChI=1S/C19H22N6O2/c1-11-22-15-7-17(26)14(6-18(15)27-11)16-9-21-19(24-23-16)25-5-4-12(10-25)8-20-13-2-3-13/h6-7,9,12-13,20,26H,2-5,8,10H2,1H3. The summed E-state index contributed by atoms with van der Waals surface area (Å²) in [7, 11) is 0. The molecule has 5 rings (SSSR count). The summed E-state index contributed by atoms with van der Waals surface area (Å²) in [5.41, 5.74) is 2.28. The van der Waals surface area contributed by atoms with Crippen LogP contribution >= 0.6 is 0 Å². The topological polar surface area (TPSA) is 100 Å². The van der Waals surface area contributed by atoms with Gasteiger partial charge in [-0.15, -0.1) is 10.2 Å². The Hall–Kier alpha value is -2.74. The van der Waals surface area contributed by atoms with E-state index in [9.17, 15) is 5.11 Å². The smallest absolute Gasteiger partial charge is 0.245 e. The molecule has 8 nitrogen and oxygen atoms in total. The Kier molecular flexibility index (Phi) is 3.93. The van der Waals surface area contributed by atoms with Crippen LogP contribution in [0.25, 0.3) is 22.4 Å². The number of aromatic nitrogens is 4. The van der Waals surface area contributed by atoms with Crippen LogP contribution in [0, 0.1) is 12.8 Å². The molecule has 8 heteroatoms. The van der Waals surface area contributed by atoms with Gasteiger partial charge >= 0.3 is 0 Å². The van der Waals surface area contributed by atoms with E-state index in [-0.39, 0.29) is 5.75 Å². The second-order valence-corrected chi connectivity index (χ2v) is 7.50. The quantitative estimate of drug-likeness (QED) is 0.709. The van der Waals surface area contributed by atoms with Crippen molar-refractivity contribution in [1.29, 1.82) is 0 Å². The van der Waals surface area contributed by atoms with Gasteiger partial charge in [-0.2, -0.15) is 0 Å². The number of oxazole rings is 1. The number of rotatable bonds is 5. The van der Waals surface area contributed by atoms with Crippen LogP contribution in [0.1, 0.15) is 25.2 Å². The molecule has 2 N–H and O–H groups in total. The van der Waals surface area contributed by atoms with Crippen LogP contribution in [0.5, 0.6) is 5.75 Å². The minimum Gasteiger partial charge on any atom is -0.507 e. The number of benzene rings is 1. The summed E-state index contributed by atoms with van der Waals surface area (Å²) in [5.74, 6) is 1.92. The van der Waals surface area contributed by atoms with Crippen molar-refractivity contribution in [1.82, 2.24) is 25.5 Å². The highest BCUT2D eigenvalue weighted by molar-refractivity contribution is 5.83. The van der Waals surface area contributed by atoms with Crippen LogP contribution in [0.4, 0.5) is 5.95 Å². The summed E-state index contributed by atoms with van der Waals surface area (Å²) in [5, 5.41) is 22.5. The average molecular weight is 366 g/mol. The fourth-order valence-corrected chi connectivity index (χ4v) is 3.62. The van der Waals surface area contributed by atoms with Crippen LogP contribution in [-0.2, 0) is 0 Å². The molecule has 2 fully saturated rings. The summed E-state index contributed by atoms with van der Waals surface area (Å²) in [6.45, 7) is 4.75. The molecule has 3 heterocycles. The highest BCUT2D eigenvalue weighted by Crippen LogP contribution is 2.32. The molecule has 1 saturated carbocycles. The van der Waals surface area contributed by atoms with Crippen molar-refractivity contribution in [3.63, 3.8) is 0 Å². The molecule has 27 heavy (non-hydrogen) atoms. The van der Waals surface area contributed by atoms with Crippen LogP contribution in [0.2, 0.25) is 0 Å². The van der Waals surface area contributed by atoms with E-state index >= 15 is 0 Å². The van der Waals surface area contributed by atoms with Gasteiger partial charge in [0.05, 0.1) is 6.20 Å². The zero-order valence-corrected chi connectivity index (χ0v) is 15.2. The first-order valence-electron chi connectivity index (χ1n) is 9.44. The van der Waals surface area contributed by atoms with E-state index in [1.165, 1.54) is 12.8 Å². The highest BCUT2D eigenvalue weighted by atomic mass is 16.3. The van der Waals surface area contributed by atoms with Crippen LogP contribution in [-0.4, -0.2) is 50.9 Å². The SMILES string of the molecule is Cc1nc2cc(O)c(-c3cnc(N4CCC(CNC5CC5)C4)nn3)cc2o1. The lowest BCUT2D eigenvalue weighted by Gasteiger charge is -2.16. The Morgan fingerprint density at radius 2 is 2.15 bits per heavy atom. The fourth-order valence-electron chi connectivity index (χ4n) is 3.62. The highest BCUT2D eigenvalue weighted by Gasteiger charge is 2.27. The minimum atomic E-state index is 0.0898. The molecule has 140 valence electrons. The van der Waals surface area contributed by atoms with Gasteiger partial charge in [0.25, 0.3) is 0 Å². The summed E-state index contributed by atoms with van der Waals surface area (Å²) < 4.78 is 5.54. The molecule has 1 unspecified atom stereocenters. The van der Waals surface area contributed by atoms with Gasteiger partial charge < -0.3 is 19.7 Å². The Labute approximate surface area is 156 Å². The zero-order valence-electron chi connectivity index (χ0n) is 15.2. The third kappa shape index (κ3) is 3.32. The number of anilines is 1. The molecule has 1 saturated heterocycles. The maximum absolute atomic E-state index is 10.3. The second kappa shape index (κ2) is 6.45. The molecule has 0 radical (unpaired) electrons. The van der Waals surface area contributed by atoms with E-state index in [1.807, 2.05) is 0 Å². The first kappa shape index (κ1) is 16.4. The predicted octanol–water partition coefficient (Wildman–Crippen LogP) is 2.27. The normalized spacial score (nSPS) is 19.9. The number of phenolic OH excluding ortho intramolecular Hbond substituents is 1. The number of phenols is 1. The van der Waals surface area contributed by atoms with Crippen molar-refractivity contribution >= 4 is 17.0 Å². The van der Waals surface area contributed by atoms with Gasteiger partial charge in [-0.3, -0.25) is 0 Å². The third-order valence-corrected chi connectivity index (χ3v) is 5.28. The Bertz CT molecular complexity index is 966. The Balaban J connectivity index is 1.32. The van der Waals surface area contributed by atoms with Crippen LogP contribution in [0.15, 0.2) is 22.7 Å². The summed E-state index contributed by atoms with van der Waals surface area (Å²) in [6.07, 6.45) is 5.43. The summed E-state index contributed by atoms with van der Waals surface area (Å²) in [6, 6.07) is 4.05. The molecule has 0 bridgehead atoms. The van der Waals surface area contributed by atoms with E-state index < -0.39 is 0 Å². The first-order chi connectivity index (χ1) is 13.2. The number of aromatic hydroxyl groups is 1. The van der Waals surface area contributed by atoms with Gasteiger partial charge in [0.2, 0.25) is 5.95 Å². The van der Waals surface area contributed by atoms with E-state index in [4.69, 9.17) is 4.42 Å². The van der Waals surface area contributed by atoms with Crippen molar-refractivity contribution in [2.45, 2.75) is 32.2 Å². The van der Waals surface area contributed by atoms with Crippen molar-refractivity contribution in [2.75, 3.05) is 24.5 Å². The number of hydrogen-bond acceptors (Lipinski definition) is 8. The molecule has 0 spiro atoms. The van der Waals surface area contributed by atoms with Gasteiger partial charge in [0.1, 0.15) is 17.0 Å². The van der Waals surface area contributed by atoms with Crippen molar-refractivity contribution in [2.24, 2.45) is 5.92 Å². The molecule has 1 aliphatic heterocycles. The number of hydrogen-bond donors (Lipinski definition) is 2. The number of fused-ring (bicyclic) bond motifs is 1. The lowest BCUT2D eigenvalue weighted by Crippen LogP contribution is -2.28. The fraction of sp³-hybridized carbons (Fsp3) is 0.474. The van der Waals surface area contributed by atoms with E-state index in [0.717, 1.165) is 32.1 Å². The molecular weight excluding hydrogens is 344 g/mol. The van der Waals surface area contributed by atoms with E-state index in [2.05, 4.69) is 30.4 Å². The molecular formula is C19H22N6O2. The van der Waals surface area contributed by atoms with E-state index in [0.29, 0.717) is 40.1 Å². The maximum Gasteiger partial charge on any atom is 0.245 e. The lowest BCUT2D eigenvalue weighted by molar-refractivity contribution is 0.477. The van der Waals surface area contributed by atoms with Gasteiger partial charge in [-0.25, -0.2) is 9.97 Å². The predicted molar refractivity (Wildman–Crippen MR) is 101 cm³/mol. The molecule has 1 atom stereocenters. The van der Waals surface area contributed by atoms with Gasteiger partial charge in [-0.05, 0) is 37.8 Å². The molecule has 0 amide bonds. The van der Waals surface area contributed by atoms with Crippen LogP contribution < -0.4 is 10.2 Å². The molecule has 2 aromatic heterocycles. The van der Waals surface area contributed by atoms with Crippen molar-refractivity contribution in [3.05, 3.63) is 24.2 Å². The van der Waals surface area contributed by atoms with Gasteiger partial charge in [0, 0.05) is 37.7 Å². The average Bonchev–Trinajstić information content (AvgIpc) is 3.25. The van der Waals surface area contributed by atoms with Crippen molar-refractivity contribution < 1.29 is 9.52 Å². The lowest BCUT2D eigenvalue weighted by atomic mass is 10.1. The molecule has 1 aromatic carbocycles. The Morgan fingerprint density at radius 3 is 2.93 bits per heavy atom. The van der Waals surface area contributed by atoms with Gasteiger partial charge in [0.15, 0.2) is 11.5 Å². The first-order valence-corrected chi connectivity index (χ1v) is 9.44. The molecule has 3 aromatic rings. The van der Waals surface area contributed by atoms with Gasteiger partial charge in [-0.1, -0.05) is 0 Å². The van der Waals surface area contributed by atoms with Crippen molar-refractivity contribution in [3.8, 4) is 17.0 Å². The zero-order chi connectivity index (χ0) is 18.4. The second-order valence-electron chi connectivity index (χ2n) is 7.50. The molecule has 2 aliphatic rings. The third-order valence-electron chi connectivity index (χ3n) is 5.28. The monoisotopic (exact) mass is 366 g/mol. The molecule has 1 aliphatic carbocycles. The summed E-state index contributed by atoms with van der Waals surface area (Å²) >= 11 is 0. The maximum atomic E-state index is 10.3. The summed E-state index contributed by atoms with van der Waals surface area (Å²) in [4.78, 5) is 10.9. The largest absolute Gasteiger partial charge is 0.507 e. The Morgan fingerprint density at radius 1 is 1.26 bits per heavy atom. The van der Waals surface area contributed by atoms with Crippen LogP contribution in [0.3, 0.4) is 0 Å². The number of aryl methyl sites for hydroxylation is 1. The number of nitrogens with one attached hydrogen (secondary N) is 1. The number of nitrogens with zero attached hydrogens (tertiary/aromatic N) is 5.